The van der Waals surface area contributed by atoms with E-state index in [-0.39, 0.29) is 16.2 Å². The molecule has 4 atom stereocenters. The summed E-state index contributed by atoms with van der Waals surface area (Å²) in [5.41, 5.74) is 7.95. The Balaban J connectivity index is 2.07. The van der Waals surface area contributed by atoms with Gasteiger partial charge < -0.3 is 5.73 Å². The van der Waals surface area contributed by atoms with Gasteiger partial charge in [-0.3, -0.25) is 0 Å². The summed E-state index contributed by atoms with van der Waals surface area (Å²) in [5.74, 6) is 1.40. The summed E-state index contributed by atoms with van der Waals surface area (Å²) >= 11 is 11.8. The maximum absolute atomic E-state index is 6.37. The average Bonchev–Trinajstić information content (AvgIpc) is 2.46. The first kappa shape index (κ1) is 16.3. The molecule has 2 aliphatic carbocycles. The fourth-order valence-electron chi connectivity index (χ4n) is 5.42. The number of hydrogen-bond donors (Lipinski definition) is 1. The number of thiocarbonyl (C=S) groups is 1. The second kappa shape index (κ2) is 5.49. The van der Waals surface area contributed by atoms with Crippen molar-refractivity contribution >= 4 is 28.8 Å². The maximum Gasteiger partial charge on any atom is 0.0787 e. The number of benzene rings is 1. The molecule has 3 heteroatoms. The van der Waals surface area contributed by atoms with Crippen molar-refractivity contribution in [3.05, 3.63) is 35.9 Å². The number of halogens is 1. The second-order valence-corrected chi connectivity index (χ2v) is 9.05. The van der Waals surface area contributed by atoms with Crippen molar-refractivity contribution in [2.75, 3.05) is 5.88 Å². The summed E-state index contributed by atoms with van der Waals surface area (Å²) in [6.07, 6.45) is 5.76. The molecule has 2 bridgehead atoms. The Kier molecular flexibility index (Phi) is 4.06. The molecule has 0 heterocycles. The third kappa shape index (κ3) is 2.69. The molecule has 0 amide bonds. The van der Waals surface area contributed by atoms with Crippen LogP contribution in [0.4, 0.5) is 0 Å². The number of fused-ring (bicyclic) bond motifs is 2. The summed E-state index contributed by atoms with van der Waals surface area (Å²) in [6.45, 7) is 4.62. The molecular formula is C19H26ClNS. The molecule has 1 aromatic rings. The van der Waals surface area contributed by atoms with Gasteiger partial charge in [0.1, 0.15) is 0 Å². The molecule has 1 aromatic carbocycles. The van der Waals surface area contributed by atoms with Crippen LogP contribution in [-0.2, 0) is 5.41 Å². The zero-order valence-electron chi connectivity index (χ0n) is 13.6. The lowest BCUT2D eigenvalue weighted by Crippen LogP contribution is -2.53. The van der Waals surface area contributed by atoms with Crippen LogP contribution in [0.1, 0.15) is 51.5 Å². The van der Waals surface area contributed by atoms with Crippen LogP contribution in [0.25, 0.3) is 0 Å². The maximum atomic E-state index is 6.37. The topological polar surface area (TPSA) is 26.0 Å². The number of rotatable bonds is 3. The van der Waals surface area contributed by atoms with Gasteiger partial charge in [-0.25, -0.2) is 0 Å². The summed E-state index contributed by atoms with van der Waals surface area (Å²) in [6, 6.07) is 11.0. The van der Waals surface area contributed by atoms with Crippen LogP contribution >= 0.6 is 23.8 Å². The molecule has 0 aromatic heterocycles. The summed E-state index contributed by atoms with van der Waals surface area (Å²) in [5, 5.41) is 0. The van der Waals surface area contributed by atoms with Crippen molar-refractivity contribution < 1.29 is 0 Å². The van der Waals surface area contributed by atoms with Crippen LogP contribution in [0, 0.1) is 16.7 Å². The van der Waals surface area contributed by atoms with E-state index in [0.29, 0.717) is 10.9 Å². The van der Waals surface area contributed by atoms with Gasteiger partial charge in [0.2, 0.25) is 0 Å². The minimum absolute atomic E-state index is 0.0261. The number of hydrogen-bond acceptors (Lipinski definition) is 1. The second-order valence-electron chi connectivity index (χ2n) is 8.35. The van der Waals surface area contributed by atoms with Gasteiger partial charge in [0.15, 0.2) is 0 Å². The largest absolute Gasteiger partial charge is 0.393 e. The van der Waals surface area contributed by atoms with Gasteiger partial charge in [-0.2, -0.15) is 0 Å². The van der Waals surface area contributed by atoms with E-state index in [4.69, 9.17) is 29.6 Å². The molecule has 0 spiro atoms. The van der Waals surface area contributed by atoms with Gasteiger partial charge in [-0.1, -0.05) is 56.4 Å². The zero-order chi connectivity index (χ0) is 16.0. The Morgan fingerprint density at radius 2 is 1.86 bits per heavy atom. The standard InChI is InChI=1S/C19H26ClNS/c1-17(13-20)8-14-9-18(2,16(21)22)12-19(10-14,11-17)15-6-4-3-5-7-15/h3-7,14H,8-13H2,1-2H3,(H2,21,22). The van der Waals surface area contributed by atoms with Crippen molar-refractivity contribution in [2.45, 2.75) is 51.4 Å². The molecule has 22 heavy (non-hydrogen) atoms. The van der Waals surface area contributed by atoms with Crippen LogP contribution in [0.15, 0.2) is 30.3 Å². The van der Waals surface area contributed by atoms with Gasteiger partial charge in [-0.15, -0.1) is 11.6 Å². The van der Waals surface area contributed by atoms with Crippen LogP contribution in [0.5, 0.6) is 0 Å². The molecule has 0 radical (unpaired) electrons. The van der Waals surface area contributed by atoms with E-state index in [1.807, 2.05) is 0 Å². The van der Waals surface area contributed by atoms with E-state index in [9.17, 15) is 0 Å². The molecule has 2 aliphatic rings. The Bertz CT molecular complexity index is 574. The Morgan fingerprint density at radius 3 is 2.45 bits per heavy atom. The monoisotopic (exact) mass is 335 g/mol. The van der Waals surface area contributed by atoms with Crippen molar-refractivity contribution in [1.82, 2.24) is 0 Å². The predicted octanol–water partition coefficient (Wildman–Crippen LogP) is 5.06. The van der Waals surface area contributed by atoms with E-state index < -0.39 is 0 Å². The van der Waals surface area contributed by atoms with Crippen LogP contribution < -0.4 is 5.73 Å². The Hall–Kier alpha value is -0.600. The van der Waals surface area contributed by atoms with E-state index in [1.165, 1.54) is 18.4 Å². The summed E-state index contributed by atoms with van der Waals surface area (Å²) in [4.78, 5) is 0.687. The van der Waals surface area contributed by atoms with E-state index in [2.05, 4.69) is 44.2 Å². The van der Waals surface area contributed by atoms with Crippen molar-refractivity contribution in [1.29, 1.82) is 0 Å². The molecule has 0 aliphatic heterocycles. The van der Waals surface area contributed by atoms with Gasteiger partial charge in [0, 0.05) is 11.3 Å². The van der Waals surface area contributed by atoms with Gasteiger partial charge in [0.25, 0.3) is 0 Å². The van der Waals surface area contributed by atoms with E-state index in [0.717, 1.165) is 25.1 Å². The minimum atomic E-state index is -0.0261. The number of nitrogens with two attached hydrogens (primary N) is 1. The van der Waals surface area contributed by atoms with Crippen LogP contribution in [-0.4, -0.2) is 10.9 Å². The highest BCUT2D eigenvalue weighted by Gasteiger charge is 2.54. The lowest BCUT2D eigenvalue weighted by Gasteiger charge is -2.57. The fourth-order valence-corrected chi connectivity index (χ4v) is 5.78. The first-order valence-corrected chi connectivity index (χ1v) is 9.17. The normalized spacial score (nSPS) is 41.1. The molecule has 0 saturated heterocycles. The van der Waals surface area contributed by atoms with Crippen molar-refractivity contribution in [2.24, 2.45) is 22.5 Å². The highest BCUT2D eigenvalue weighted by molar-refractivity contribution is 7.80. The lowest BCUT2D eigenvalue weighted by atomic mass is 9.47. The number of alkyl halides is 1. The first-order valence-electron chi connectivity index (χ1n) is 8.22. The molecule has 3 rings (SSSR count). The van der Waals surface area contributed by atoms with Gasteiger partial charge >= 0.3 is 0 Å². The van der Waals surface area contributed by atoms with E-state index >= 15 is 0 Å². The molecule has 4 unspecified atom stereocenters. The molecule has 2 fully saturated rings. The SMILES string of the molecule is CC1(CCl)CC2CC(C)(C(N)=S)CC(c3ccccc3)(C2)C1. The molecule has 120 valence electrons. The molecular weight excluding hydrogens is 310 g/mol. The van der Waals surface area contributed by atoms with Crippen molar-refractivity contribution in [3.8, 4) is 0 Å². The highest BCUT2D eigenvalue weighted by Crippen LogP contribution is 2.61. The van der Waals surface area contributed by atoms with Gasteiger partial charge in [0.05, 0.1) is 4.99 Å². The van der Waals surface area contributed by atoms with Crippen molar-refractivity contribution in [3.63, 3.8) is 0 Å². The van der Waals surface area contributed by atoms with Crippen LogP contribution in [0.3, 0.4) is 0 Å². The van der Waals surface area contributed by atoms with Crippen LogP contribution in [0.2, 0.25) is 0 Å². The molecule has 2 saturated carbocycles. The minimum Gasteiger partial charge on any atom is -0.393 e. The quantitative estimate of drug-likeness (QED) is 0.617. The predicted molar refractivity (Wildman–Crippen MR) is 98.4 cm³/mol. The van der Waals surface area contributed by atoms with E-state index in [1.54, 1.807) is 0 Å². The first-order chi connectivity index (χ1) is 10.3. The highest BCUT2D eigenvalue weighted by atomic mass is 35.5. The third-order valence-electron chi connectivity index (χ3n) is 6.00. The van der Waals surface area contributed by atoms with Gasteiger partial charge in [-0.05, 0) is 54.4 Å². The summed E-state index contributed by atoms with van der Waals surface area (Å²) in [7, 11) is 0. The molecule has 2 N–H and O–H groups in total. The molecule has 1 nitrogen and oxygen atoms in total. The lowest BCUT2D eigenvalue weighted by molar-refractivity contribution is 0.0150. The Labute approximate surface area is 144 Å². The fraction of sp³-hybridized carbons (Fsp3) is 0.632. The summed E-state index contributed by atoms with van der Waals surface area (Å²) < 4.78 is 0. The third-order valence-corrected chi connectivity index (χ3v) is 7.14. The average molecular weight is 336 g/mol. The Morgan fingerprint density at radius 1 is 1.18 bits per heavy atom. The zero-order valence-corrected chi connectivity index (χ0v) is 15.1. The smallest absolute Gasteiger partial charge is 0.0787 e.